The summed E-state index contributed by atoms with van der Waals surface area (Å²) in [6, 6.07) is 9.79. The second-order valence-corrected chi connectivity index (χ2v) is 10.1. The van der Waals surface area contributed by atoms with Gasteiger partial charge in [-0.25, -0.2) is 4.98 Å². The number of hydrogen-bond acceptors (Lipinski definition) is 6. The monoisotopic (exact) mass is 474 g/mol. The van der Waals surface area contributed by atoms with E-state index in [1.54, 1.807) is 17.5 Å². The van der Waals surface area contributed by atoms with Gasteiger partial charge >= 0.3 is 0 Å². The van der Waals surface area contributed by atoms with Gasteiger partial charge in [0, 0.05) is 36.6 Å². The lowest BCUT2D eigenvalue weighted by molar-refractivity contribution is 0.0626. The van der Waals surface area contributed by atoms with Gasteiger partial charge in [-0.1, -0.05) is 30.3 Å². The van der Waals surface area contributed by atoms with Gasteiger partial charge in [0.05, 0.1) is 29.4 Å². The Morgan fingerprint density at radius 2 is 1.85 bits per heavy atom. The normalized spacial score (nSPS) is 16.6. The summed E-state index contributed by atoms with van der Waals surface area (Å²) in [6.07, 6.45) is 6.00. The van der Waals surface area contributed by atoms with Crippen molar-refractivity contribution in [2.24, 2.45) is 0 Å². The van der Waals surface area contributed by atoms with Crippen LogP contribution in [-0.4, -0.2) is 62.1 Å². The minimum atomic E-state index is -0.0124. The first-order valence-corrected chi connectivity index (χ1v) is 12.6. The summed E-state index contributed by atoms with van der Waals surface area (Å²) in [5.41, 5.74) is 3.50. The Labute approximate surface area is 200 Å². The number of aryl methyl sites for hydroxylation is 2. The highest BCUT2D eigenvalue weighted by Gasteiger charge is 2.26. The molecule has 2 N–H and O–H groups in total. The summed E-state index contributed by atoms with van der Waals surface area (Å²) in [6.45, 7) is 3.28. The summed E-state index contributed by atoms with van der Waals surface area (Å²) in [4.78, 5) is 40.2. The van der Waals surface area contributed by atoms with E-state index < -0.39 is 0 Å². The molecule has 4 heterocycles. The number of benzene rings is 1. The topological polar surface area (TPSA) is 98.0 Å². The third-order valence-electron chi connectivity index (χ3n) is 6.84. The number of nitrogens with one attached hydrogen (secondary N) is 2. The average molecular weight is 475 g/mol. The SMILES string of the molecule is O=C(c1cn[nH]c1-c1ccccc1)N1CCN(Cc2nc3sc4c(c3c(=O)[nH]2)CCCC4)CC1. The summed E-state index contributed by atoms with van der Waals surface area (Å²) in [5, 5.41) is 7.89. The molecule has 9 heteroatoms. The zero-order valence-corrected chi connectivity index (χ0v) is 19.7. The first kappa shape index (κ1) is 21.2. The van der Waals surface area contributed by atoms with Crippen LogP contribution < -0.4 is 5.56 Å². The van der Waals surface area contributed by atoms with Crippen molar-refractivity contribution >= 4 is 27.5 Å². The van der Waals surface area contributed by atoms with E-state index in [0.717, 1.165) is 53.8 Å². The molecule has 1 fully saturated rings. The van der Waals surface area contributed by atoms with Gasteiger partial charge in [0.25, 0.3) is 11.5 Å². The molecule has 8 nitrogen and oxygen atoms in total. The van der Waals surface area contributed by atoms with Crippen LogP contribution in [0.5, 0.6) is 0 Å². The quantitative estimate of drug-likeness (QED) is 0.473. The van der Waals surface area contributed by atoms with Crippen molar-refractivity contribution in [1.29, 1.82) is 0 Å². The van der Waals surface area contributed by atoms with Crippen LogP contribution in [0, 0.1) is 0 Å². The number of aromatic amines is 2. The number of rotatable bonds is 4. The predicted octanol–water partition coefficient (Wildman–Crippen LogP) is 3.21. The molecule has 0 radical (unpaired) electrons. The highest BCUT2D eigenvalue weighted by molar-refractivity contribution is 7.18. The Balaban J connectivity index is 1.14. The minimum absolute atomic E-state index is 0.00984. The van der Waals surface area contributed by atoms with Crippen LogP contribution in [-0.2, 0) is 19.4 Å². The van der Waals surface area contributed by atoms with Gasteiger partial charge in [0.15, 0.2) is 0 Å². The summed E-state index contributed by atoms with van der Waals surface area (Å²) in [7, 11) is 0. The van der Waals surface area contributed by atoms with Gasteiger partial charge in [-0.05, 0) is 31.2 Å². The third kappa shape index (κ3) is 3.84. The maximum Gasteiger partial charge on any atom is 0.259 e. The predicted molar refractivity (Wildman–Crippen MR) is 132 cm³/mol. The Bertz CT molecular complexity index is 1400. The van der Waals surface area contributed by atoms with E-state index in [2.05, 4.69) is 20.1 Å². The number of fused-ring (bicyclic) bond motifs is 3. The molecule has 0 saturated carbocycles. The number of carbonyl (C=O) groups is 1. The summed E-state index contributed by atoms with van der Waals surface area (Å²) < 4.78 is 0. The molecular weight excluding hydrogens is 448 g/mol. The summed E-state index contributed by atoms with van der Waals surface area (Å²) >= 11 is 1.68. The van der Waals surface area contributed by atoms with Gasteiger partial charge in [0.1, 0.15) is 10.7 Å². The van der Waals surface area contributed by atoms with Crippen LogP contribution in [0.4, 0.5) is 0 Å². The van der Waals surface area contributed by atoms with Crippen molar-refractivity contribution in [2.45, 2.75) is 32.2 Å². The zero-order valence-electron chi connectivity index (χ0n) is 18.8. The number of H-pyrrole nitrogens is 2. The lowest BCUT2D eigenvalue weighted by Gasteiger charge is -2.34. The van der Waals surface area contributed by atoms with E-state index in [1.807, 2.05) is 35.2 Å². The van der Waals surface area contributed by atoms with Crippen molar-refractivity contribution in [1.82, 2.24) is 30.0 Å². The van der Waals surface area contributed by atoms with E-state index in [9.17, 15) is 9.59 Å². The van der Waals surface area contributed by atoms with Gasteiger partial charge in [-0.15, -0.1) is 11.3 Å². The molecule has 1 aliphatic carbocycles. The highest BCUT2D eigenvalue weighted by atomic mass is 32.1. The van der Waals surface area contributed by atoms with E-state index in [1.165, 1.54) is 16.9 Å². The Kier molecular flexibility index (Phi) is 5.50. The Morgan fingerprint density at radius 3 is 2.68 bits per heavy atom. The first-order chi connectivity index (χ1) is 16.7. The molecule has 2 aliphatic rings. The number of nitrogens with zero attached hydrogens (tertiary/aromatic N) is 4. The maximum atomic E-state index is 13.2. The fraction of sp³-hybridized carbons (Fsp3) is 0.360. The number of thiophene rings is 1. The molecule has 3 aromatic heterocycles. The first-order valence-electron chi connectivity index (χ1n) is 11.8. The van der Waals surface area contributed by atoms with Crippen LogP contribution in [0.3, 0.4) is 0 Å². The molecule has 0 spiro atoms. The molecule has 6 rings (SSSR count). The van der Waals surface area contributed by atoms with Crippen molar-refractivity contribution < 1.29 is 4.79 Å². The van der Waals surface area contributed by atoms with Crippen molar-refractivity contribution in [2.75, 3.05) is 26.2 Å². The van der Waals surface area contributed by atoms with Crippen LogP contribution in [0.2, 0.25) is 0 Å². The molecule has 0 bridgehead atoms. The largest absolute Gasteiger partial charge is 0.336 e. The fourth-order valence-electron chi connectivity index (χ4n) is 5.05. The van der Waals surface area contributed by atoms with E-state index >= 15 is 0 Å². The molecule has 0 unspecified atom stereocenters. The number of carbonyl (C=O) groups excluding carboxylic acids is 1. The number of piperazine rings is 1. The van der Waals surface area contributed by atoms with E-state index in [0.29, 0.717) is 31.0 Å². The number of amides is 1. The molecule has 174 valence electrons. The summed E-state index contributed by atoms with van der Waals surface area (Å²) in [5.74, 6) is 0.696. The van der Waals surface area contributed by atoms with Crippen molar-refractivity contribution in [3.05, 3.63) is 68.7 Å². The van der Waals surface area contributed by atoms with Crippen LogP contribution in [0.25, 0.3) is 21.5 Å². The molecule has 1 aromatic carbocycles. The van der Waals surface area contributed by atoms with Gasteiger partial charge in [-0.2, -0.15) is 5.10 Å². The van der Waals surface area contributed by atoms with Crippen LogP contribution in [0.15, 0.2) is 41.3 Å². The number of hydrogen-bond donors (Lipinski definition) is 2. The molecule has 1 amide bonds. The standard InChI is InChI=1S/C25H26N6O2S/c32-23-21-17-8-4-5-9-19(17)34-24(21)28-20(27-23)15-30-10-12-31(13-11-30)25(33)18-14-26-29-22(18)16-6-2-1-3-7-16/h1-3,6-7,14H,4-5,8-13,15H2,(H,26,29)(H,27,28,32). The minimum Gasteiger partial charge on any atom is -0.336 e. The lowest BCUT2D eigenvalue weighted by Crippen LogP contribution is -2.48. The average Bonchev–Trinajstić information content (AvgIpc) is 3.50. The molecule has 1 aliphatic heterocycles. The number of aromatic nitrogens is 4. The van der Waals surface area contributed by atoms with Crippen LogP contribution in [0.1, 0.15) is 39.5 Å². The van der Waals surface area contributed by atoms with E-state index in [4.69, 9.17) is 4.98 Å². The molecule has 1 saturated heterocycles. The smallest absolute Gasteiger partial charge is 0.259 e. The van der Waals surface area contributed by atoms with Crippen LogP contribution >= 0.6 is 11.3 Å². The van der Waals surface area contributed by atoms with Gasteiger partial charge in [0.2, 0.25) is 0 Å². The van der Waals surface area contributed by atoms with Crippen molar-refractivity contribution in [3.63, 3.8) is 0 Å². The van der Waals surface area contributed by atoms with Gasteiger partial charge in [-0.3, -0.25) is 19.6 Å². The zero-order chi connectivity index (χ0) is 23.1. The molecular formula is C25H26N6O2S. The van der Waals surface area contributed by atoms with Gasteiger partial charge < -0.3 is 9.88 Å². The third-order valence-corrected chi connectivity index (χ3v) is 8.02. The fourth-order valence-corrected chi connectivity index (χ4v) is 6.33. The Morgan fingerprint density at radius 1 is 1.06 bits per heavy atom. The molecule has 34 heavy (non-hydrogen) atoms. The van der Waals surface area contributed by atoms with E-state index in [-0.39, 0.29) is 11.5 Å². The molecule has 0 atom stereocenters. The maximum absolute atomic E-state index is 13.2. The highest BCUT2D eigenvalue weighted by Crippen LogP contribution is 2.33. The molecule has 4 aromatic rings. The Hall–Kier alpha value is -3.30. The lowest BCUT2D eigenvalue weighted by atomic mass is 9.97. The second kappa shape index (κ2) is 8.81. The van der Waals surface area contributed by atoms with Crippen molar-refractivity contribution in [3.8, 4) is 11.3 Å². The second-order valence-electron chi connectivity index (χ2n) is 9.00.